The van der Waals surface area contributed by atoms with E-state index in [0.29, 0.717) is 6.07 Å². The Balaban J connectivity index is 2.29. The summed E-state index contributed by atoms with van der Waals surface area (Å²) in [5.41, 5.74) is -0.942. The molecule has 0 bridgehead atoms. The fourth-order valence-corrected chi connectivity index (χ4v) is 1.67. The van der Waals surface area contributed by atoms with Crippen LogP contribution < -0.4 is 10.1 Å². The van der Waals surface area contributed by atoms with E-state index in [1.165, 1.54) is 12.1 Å². The maximum absolute atomic E-state index is 13.5. The van der Waals surface area contributed by atoms with Gasteiger partial charge in [-0.15, -0.1) is 0 Å². The van der Waals surface area contributed by atoms with E-state index in [0.717, 1.165) is 18.2 Å². The van der Waals surface area contributed by atoms with E-state index in [4.69, 9.17) is 0 Å². The van der Waals surface area contributed by atoms with Gasteiger partial charge in [-0.1, -0.05) is 12.1 Å². The van der Waals surface area contributed by atoms with E-state index < -0.39 is 41.4 Å². The van der Waals surface area contributed by atoms with E-state index >= 15 is 0 Å². The molecule has 0 saturated carbocycles. The lowest BCUT2D eigenvalue weighted by molar-refractivity contribution is -0.0501. The highest BCUT2D eigenvalue weighted by Gasteiger charge is 2.19. The van der Waals surface area contributed by atoms with Crippen LogP contribution in [0.15, 0.2) is 36.4 Å². The van der Waals surface area contributed by atoms with E-state index in [1.807, 2.05) is 5.32 Å². The average Bonchev–Trinajstić information content (AvgIpc) is 2.48. The number of ether oxygens (including phenoxy) is 1. The molecule has 0 radical (unpaired) electrons. The number of anilines is 1. The molecule has 2 rings (SSSR count). The van der Waals surface area contributed by atoms with Crippen LogP contribution in [0.5, 0.6) is 5.75 Å². The van der Waals surface area contributed by atoms with Crippen LogP contribution in [0.4, 0.5) is 27.6 Å². The minimum absolute atomic E-state index is 0.313. The van der Waals surface area contributed by atoms with Crippen molar-refractivity contribution >= 4 is 11.6 Å². The minimum Gasteiger partial charge on any atom is -0.434 e. The van der Waals surface area contributed by atoms with Crippen LogP contribution >= 0.6 is 0 Å². The molecule has 0 fully saturated rings. The third kappa shape index (κ3) is 3.33. The van der Waals surface area contributed by atoms with Crippen LogP contribution in [-0.2, 0) is 0 Å². The summed E-state index contributed by atoms with van der Waals surface area (Å²) in [5.74, 6) is -6.22. The smallest absolute Gasteiger partial charge is 0.387 e. The number of para-hydroxylation sites is 1. The Morgan fingerprint density at radius 3 is 2.36 bits per heavy atom. The summed E-state index contributed by atoms with van der Waals surface area (Å²) in [6, 6.07) is 6.42. The van der Waals surface area contributed by atoms with Crippen molar-refractivity contribution in [1.82, 2.24) is 0 Å². The summed E-state index contributed by atoms with van der Waals surface area (Å²) < 4.78 is 68.0. The molecule has 1 N–H and O–H groups in total. The number of amides is 1. The summed E-state index contributed by atoms with van der Waals surface area (Å²) in [4.78, 5) is 11.9. The molecule has 3 nitrogen and oxygen atoms in total. The normalized spacial score (nSPS) is 10.6. The van der Waals surface area contributed by atoms with Gasteiger partial charge >= 0.3 is 6.61 Å². The lowest BCUT2D eigenvalue weighted by atomic mass is 10.2. The second-order valence-corrected chi connectivity index (χ2v) is 4.05. The number of carbonyl (C=O) groups is 1. The second-order valence-electron chi connectivity index (χ2n) is 4.05. The maximum atomic E-state index is 13.5. The van der Waals surface area contributed by atoms with Crippen molar-refractivity contribution in [3.8, 4) is 5.75 Å². The van der Waals surface area contributed by atoms with Crippen molar-refractivity contribution in [1.29, 1.82) is 0 Å². The Bertz CT molecular complexity index is 706. The van der Waals surface area contributed by atoms with Crippen molar-refractivity contribution < 1.29 is 31.5 Å². The van der Waals surface area contributed by atoms with Gasteiger partial charge in [0.15, 0.2) is 17.5 Å². The van der Waals surface area contributed by atoms with Gasteiger partial charge in [0.1, 0.15) is 5.75 Å². The number of alkyl halides is 2. The van der Waals surface area contributed by atoms with Gasteiger partial charge in [-0.2, -0.15) is 8.78 Å². The molecule has 0 aliphatic heterocycles. The van der Waals surface area contributed by atoms with Gasteiger partial charge in [-0.05, 0) is 24.3 Å². The standard InChI is InChI=1S/C14H8F5NO2/c15-8-5-6-9(12(17)11(8)16)20-13(21)7-3-1-2-4-10(7)22-14(18)19/h1-6,14H,(H,20,21). The van der Waals surface area contributed by atoms with Crippen LogP contribution in [-0.4, -0.2) is 12.5 Å². The summed E-state index contributed by atoms with van der Waals surface area (Å²) in [6.45, 7) is -3.16. The SMILES string of the molecule is O=C(Nc1ccc(F)c(F)c1F)c1ccccc1OC(F)F. The summed E-state index contributed by atoms with van der Waals surface area (Å²) in [7, 11) is 0. The molecule has 0 aliphatic carbocycles. The zero-order valence-electron chi connectivity index (χ0n) is 10.7. The van der Waals surface area contributed by atoms with Gasteiger partial charge in [0, 0.05) is 0 Å². The predicted octanol–water partition coefficient (Wildman–Crippen LogP) is 3.96. The van der Waals surface area contributed by atoms with Crippen LogP contribution in [0.25, 0.3) is 0 Å². The van der Waals surface area contributed by atoms with E-state index in [2.05, 4.69) is 4.74 Å². The number of hydrogen-bond donors (Lipinski definition) is 1. The number of hydrogen-bond acceptors (Lipinski definition) is 2. The summed E-state index contributed by atoms with van der Waals surface area (Å²) >= 11 is 0. The first-order chi connectivity index (χ1) is 10.4. The van der Waals surface area contributed by atoms with E-state index in [-0.39, 0.29) is 5.56 Å². The van der Waals surface area contributed by atoms with Gasteiger partial charge in [0.05, 0.1) is 11.3 Å². The molecule has 116 valence electrons. The molecule has 0 aromatic heterocycles. The summed E-state index contributed by atoms with van der Waals surface area (Å²) in [5, 5.41) is 1.96. The highest BCUT2D eigenvalue weighted by Crippen LogP contribution is 2.24. The third-order valence-corrected chi connectivity index (χ3v) is 2.63. The molecule has 2 aromatic rings. The highest BCUT2D eigenvalue weighted by molar-refractivity contribution is 6.06. The van der Waals surface area contributed by atoms with E-state index in [9.17, 15) is 26.7 Å². The van der Waals surface area contributed by atoms with Crippen LogP contribution in [0.2, 0.25) is 0 Å². The lowest BCUT2D eigenvalue weighted by Crippen LogP contribution is -2.16. The summed E-state index contributed by atoms with van der Waals surface area (Å²) in [6.07, 6.45) is 0. The number of halogens is 5. The Morgan fingerprint density at radius 2 is 1.68 bits per heavy atom. The molecule has 0 unspecified atom stereocenters. The van der Waals surface area contributed by atoms with Gasteiger partial charge in [-0.3, -0.25) is 4.79 Å². The van der Waals surface area contributed by atoms with Crippen molar-refractivity contribution in [3.05, 3.63) is 59.4 Å². The quantitative estimate of drug-likeness (QED) is 0.685. The number of rotatable bonds is 4. The molecule has 0 saturated heterocycles. The number of nitrogens with one attached hydrogen (secondary N) is 1. The molecule has 2 aromatic carbocycles. The molecule has 0 aliphatic rings. The molecule has 0 spiro atoms. The minimum atomic E-state index is -3.16. The first-order valence-corrected chi connectivity index (χ1v) is 5.89. The van der Waals surface area contributed by atoms with Crippen LogP contribution in [0.1, 0.15) is 10.4 Å². The highest BCUT2D eigenvalue weighted by atomic mass is 19.3. The maximum Gasteiger partial charge on any atom is 0.387 e. The fourth-order valence-electron chi connectivity index (χ4n) is 1.67. The molecule has 22 heavy (non-hydrogen) atoms. The van der Waals surface area contributed by atoms with Gasteiger partial charge in [-0.25, -0.2) is 13.2 Å². The van der Waals surface area contributed by atoms with Gasteiger partial charge < -0.3 is 10.1 Å². The Hall–Kier alpha value is -2.64. The van der Waals surface area contributed by atoms with E-state index in [1.54, 1.807) is 0 Å². The van der Waals surface area contributed by atoms with Crippen molar-refractivity contribution in [2.75, 3.05) is 5.32 Å². The monoisotopic (exact) mass is 317 g/mol. The first kappa shape index (κ1) is 15.7. The predicted molar refractivity (Wildman–Crippen MR) is 67.3 cm³/mol. The lowest BCUT2D eigenvalue weighted by Gasteiger charge is -2.11. The molecular weight excluding hydrogens is 309 g/mol. The molecule has 1 amide bonds. The van der Waals surface area contributed by atoms with Gasteiger partial charge in [0.2, 0.25) is 0 Å². The average molecular weight is 317 g/mol. The zero-order chi connectivity index (χ0) is 16.3. The van der Waals surface area contributed by atoms with Crippen molar-refractivity contribution in [2.45, 2.75) is 6.61 Å². The molecule has 0 heterocycles. The van der Waals surface area contributed by atoms with Crippen LogP contribution in [0.3, 0.4) is 0 Å². The number of benzene rings is 2. The third-order valence-electron chi connectivity index (χ3n) is 2.63. The second kappa shape index (κ2) is 6.42. The van der Waals surface area contributed by atoms with Crippen LogP contribution in [0, 0.1) is 17.5 Å². The number of carbonyl (C=O) groups excluding carboxylic acids is 1. The Labute approximate surface area is 121 Å². The van der Waals surface area contributed by atoms with Crippen molar-refractivity contribution in [2.24, 2.45) is 0 Å². The zero-order valence-corrected chi connectivity index (χ0v) is 10.7. The van der Waals surface area contributed by atoms with Gasteiger partial charge in [0.25, 0.3) is 5.91 Å². The molecular formula is C14H8F5NO2. The molecule has 8 heteroatoms. The largest absolute Gasteiger partial charge is 0.434 e. The van der Waals surface area contributed by atoms with Crippen molar-refractivity contribution in [3.63, 3.8) is 0 Å². The molecule has 0 atom stereocenters. The fraction of sp³-hybridized carbons (Fsp3) is 0.0714. The topological polar surface area (TPSA) is 38.3 Å². The Kier molecular flexibility index (Phi) is 4.59. The Morgan fingerprint density at radius 1 is 1.00 bits per heavy atom. The first-order valence-electron chi connectivity index (χ1n) is 5.89.